The standard InChI is InChI=1S/C16H20N6O3/c1-24-8-13-14-9-25-16(10-22(14)20-19-13)3-6-21(7-4-16)15(23)12-2-5-17-11-18-12/h2,5,11H,3-4,6-10H2,1H3. The lowest BCUT2D eigenvalue weighted by Gasteiger charge is -2.43. The van der Waals surface area contributed by atoms with E-state index in [-0.39, 0.29) is 11.5 Å². The van der Waals surface area contributed by atoms with E-state index in [1.165, 1.54) is 6.33 Å². The molecule has 1 fully saturated rings. The van der Waals surface area contributed by atoms with E-state index in [4.69, 9.17) is 9.47 Å². The second-order valence-corrected chi connectivity index (χ2v) is 6.43. The van der Waals surface area contributed by atoms with Gasteiger partial charge in [0.25, 0.3) is 5.91 Å². The number of piperidine rings is 1. The number of methoxy groups -OCH3 is 1. The summed E-state index contributed by atoms with van der Waals surface area (Å²) in [5.74, 6) is -0.0584. The molecule has 1 amide bonds. The van der Waals surface area contributed by atoms with Gasteiger partial charge in [-0.1, -0.05) is 5.21 Å². The number of hydrogen-bond donors (Lipinski definition) is 0. The lowest BCUT2D eigenvalue weighted by Crippen LogP contribution is -2.52. The van der Waals surface area contributed by atoms with E-state index in [2.05, 4.69) is 20.3 Å². The number of likely N-dealkylation sites (tertiary alicyclic amines) is 1. The summed E-state index contributed by atoms with van der Waals surface area (Å²) in [4.78, 5) is 22.2. The van der Waals surface area contributed by atoms with Gasteiger partial charge in [0.05, 0.1) is 31.1 Å². The second kappa shape index (κ2) is 6.49. The predicted octanol–water partition coefficient (Wildman–Crippen LogP) is 0.420. The summed E-state index contributed by atoms with van der Waals surface area (Å²) >= 11 is 0. The van der Waals surface area contributed by atoms with Gasteiger partial charge in [-0.05, 0) is 18.9 Å². The highest BCUT2D eigenvalue weighted by molar-refractivity contribution is 5.92. The van der Waals surface area contributed by atoms with Crippen molar-refractivity contribution in [2.45, 2.75) is 38.2 Å². The Balaban J connectivity index is 1.42. The van der Waals surface area contributed by atoms with Gasteiger partial charge in [-0.25, -0.2) is 14.6 Å². The van der Waals surface area contributed by atoms with Crippen LogP contribution in [0, 0.1) is 0 Å². The third-order valence-corrected chi connectivity index (χ3v) is 4.92. The zero-order chi connectivity index (χ0) is 17.3. The van der Waals surface area contributed by atoms with E-state index < -0.39 is 0 Å². The molecule has 1 saturated heterocycles. The molecule has 0 radical (unpaired) electrons. The molecule has 25 heavy (non-hydrogen) atoms. The molecule has 2 aromatic heterocycles. The van der Waals surface area contributed by atoms with Crippen LogP contribution in [0.2, 0.25) is 0 Å². The van der Waals surface area contributed by atoms with Crippen molar-refractivity contribution in [1.29, 1.82) is 0 Å². The van der Waals surface area contributed by atoms with Crippen LogP contribution in [0.3, 0.4) is 0 Å². The third-order valence-electron chi connectivity index (χ3n) is 4.92. The highest BCUT2D eigenvalue weighted by Gasteiger charge is 2.41. The van der Waals surface area contributed by atoms with Gasteiger partial charge in [0.2, 0.25) is 0 Å². The minimum absolute atomic E-state index is 0.0584. The molecule has 2 aliphatic heterocycles. The van der Waals surface area contributed by atoms with Gasteiger partial charge in [0.15, 0.2) is 0 Å². The molecule has 132 valence electrons. The second-order valence-electron chi connectivity index (χ2n) is 6.43. The monoisotopic (exact) mass is 344 g/mol. The van der Waals surface area contributed by atoms with Gasteiger partial charge in [-0.2, -0.15) is 0 Å². The van der Waals surface area contributed by atoms with Crippen LogP contribution < -0.4 is 0 Å². The van der Waals surface area contributed by atoms with E-state index in [1.54, 1.807) is 19.4 Å². The molecule has 0 N–H and O–H groups in total. The van der Waals surface area contributed by atoms with Crippen molar-refractivity contribution in [3.8, 4) is 0 Å². The Morgan fingerprint density at radius 3 is 2.96 bits per heavy atom. The van der Waals surface area contributed by atoms with Gasteiger partial charge in [0.1, 0.15) is 17.7 Å². The fourth-order valence-electron chi connectivity index (χ4n) is 3.44. The van der Waals surface area contributed by atoms with E-state index in [1.807, 2.05) is 9.58 Å². The molecular formula is C16H20N6O3. The zero-order valence-electron chi connectivity index (χ0n) is 14.1. The first-order chi connectivity index (χ1) is 12.2. The summed E-state index contributed by atoms with van der Waals surface area (Å²) in [5.41, 5.74) is 1.95. The molecule has 0 saturated carbocycles. The molecule has 0 unspecified atom stereocenters. The van der Waals surface area contributed by atoms with Crippen molar-refractivity contribution in [3.63, 3.8) is 0 Å². The van der Waals surface area contributed by atoms with Gasteiger partial charge in [0, 0.05) is 26.4 Å². The van der Waals surface area contributed by atoms with E-state index in [0.717, 1.165) is 24.2 Å². The summed E-state index contributed by atoms with van der Waals surface area (Å²) in [7, 11) is 1.64. The number of ether oxygens (including phenoxy) is 2. The fraction of sp³-hybridized carbons (Fsp3) is 0.562. The number of fused-ring (bicyclic) bond motifs is 1. The quantitative estimate of drug-likeness (QED) is 0.796. The minimum Gasteiger partial charge on any atom is -0.378 e. The smallest absolute Gasteiger partial charge is 0.272 e. The van der Waals surface area contributed by atoms with Crippen LogP contribution in [0.15, 0.2) is 18.6 Å². The maximum Gasteiger partial charge on any atom is 0.272 e. The van der Waals surface area contributed by atoms with Crippen molar-refractivity contribution in [2.75, 3.05) is 20.2 Å². The molecule has 1 spiro atoms. The Morgan fingerprint density at radius 1 is 1.40 bits per heavy atom. The van der Waals surface area contributed by atoms with Crippen LogP contribution in [0.4, 0.5) is 0 Å². The van der Waals surface area contributed by atoms with Crippen LogP contribution in [0.5, 0.6) is 0 Å². The Labute approximate surface area is 145 Å². The summed E-state index contributed by atoms with van der Waals surface area (Å²) in [6.45, 7) is 2.85. The first kappa shape index (κ1) is 16.1. The number of hydrogen-bond acceptors (Lipinski definition) is 7. The average Bonchev–Trinajstić information content (AvgIpc) is 3.05. The summed E-state index contributed by atoms with van der Waals surface area (Å²) in [5, 5.41) is 8.41. The van der Waals surface area contributed by atoms with Gasteiger partial charge in [-0.15, -0.1) is 5.10 Å². The molecular weight excluding hydrogens is 324 g/mol. The molecule has 2 aromatic rings. The lowest BCUT2D eigenvalue weighted by molar-refractivity contribution is -0.120. The number of amides is 1. The molecule has 0 bridgehead atoms. The molecule has 0 aromatic carbocycles. The van der Waals surface area contributed by atoms with Crippen LogP contribution in [-0.4, -0.2) is 61.6 Å². The average molecular weight is 344 g/mol. The first-order valence-corrected chi connectivity index (χ1v) is 8.30. The molecule has 4 heterocycles. The number of carbonyl (C=O) groups is 1. The number of carbonyl (C=O) groups excluding carboxylic acids is 1. The normalized spacial score (nSPS) is 19.0. The van der Waals surface area contributed by atoms with Gasteiger partial charge >= 0.3 is 0 Å². The lowest BCUT2D eigenvalue weighted by atomic mass is 9.89. The first-order valence-electron chi connectivity index (χ1n) is 8.30. The van der Waals surface area contributed by atoms with Crippen molar-refractivity contribution < 1.29 is 14.3 Å². The third kappa shape index (κ3) is 3.00. The van der Waals surface area contributed by atoms with E-state index in [0.29, 0.717) is 38.5 Å². The zero-order valence-corrected chi connectivity index (χ0v) is 14.1. The molecule has 9 heteroatoms. The van der Waals surface area contributed by atoms with Crippen LogP contribution >= 0.6 is 0 Å². The Hall–Kier alpha value is -2.39. The minimum atomic E-state index is -0.284. The number of aromatic nitrogens is 5. The Kier molecular flexibility index (Phi) is 4.18. The van der Waals surface area contributed by atoms with Crippen molar-refractivity contribution >= 4 is 5.91 Å². The SMILES string of the molecule is COCc1nnn2c1COC1(CCN(C(=O)c3ccncn3)CC1)C2. The van der Waals surface area contributed by atoms with Crippen molar-refractivity contribution in [2.24, 2.45) is 0 Å². The largest absolute Gasteiger partial charge is 0.378 e. The maximum absolute atomic E-state index is 12.5. The number of rotatable bonds is 3. The topological polar surface area (TPSA) is 95.3 Å². The highest BCUT2D eigenvalue weighted by Crippen LogP contribution is 2.33. The van der Waals surface area contributed by atoms with Gasteiger partial charge < -0.3 is 14.4 Å². The van der Waals surface area contributed by atoms with Crippen molar-refractivity contribution in [3.05, 3.63) is 35.7 Å². The molecule has 9 nitrogen and oxygen atoms in total. The summed E-state index contributed by atoms with van der Waals surface area (Å²) in [6.07, 6.45) is 4.51. The Bertz CT molecular complexity index is 754. The van der Waals surface area contributed by atoms with Gasteiger partial charge in [-0.3, -0.25) is 4.79 Å². The van der Waals surface area contributed by atoms with E-state index in [9.17, 15) is 4.79 Å². The predicted molar refractivity (Wildman–Crippen MR) is 85.4 cm³/mol. The maximum atomic E-state index is 12.5. The molecule has 0 atom stereocenters. The van der Waals surface area contributed by atoms with Crippen LogP contribution in [0.1, 0.15) is 34.7 Å². The fourth-order valence-corrected chi connectivity index (χ4v) is 3.44. The van der Waals surface area contributed by atoms with Crippen LogP contribution in [0.25, 0.3) is 0 Å². The molecule has 4 rings (SSSR count). The van der Waals surface area contributed by atoms with Crippen LogP contribution in [-0.2, 0) is 29.2 Å². The van der Waals surface area contributed by atoms with E-state index >= 15 is 0 Å². The summed E-state index contributed by atoms with van der Waals surface area (Å²) in [6, 6.07) is 1.64. The number of nitrogens with zero attached hydrogens (tertiary/aromatic N) is 6. The highest BCUT2D eigenvalue weighted by atomic mass is 16.5. The molecule has 2 aliphatic rings. The Morgan fingerprint density at radius 2 is 2.24 bits per heavy atom. The summed E-state index contributed by atoms with van der Waals surface area (Å²) < 4.78 is 13.3. The molecule has 0 aliphatic carbocycles. The van der Waals surface area contributed by atoms with Crippen molar-refractivity contribution in [1.82, 2.24) is 29.9 Å².